The van der Waals surface area contributed by atoms with Crippen LogP contribution >= 0.6 is 11.3 Å². The Bertz CT molecular complexity index is 4830. The Kier molecular flexibility index (Phi) is 10.1. The average Bonchev–Trinajstić information content (AvgIpc) is 4.10. The van der Waals surface area contributed by atoms with Crippen LogP contribution < -0.4 is 4.90 Å². The molecule has 2 nitrogen and oxygen atoms in total. The highest BCUT2D eigenvalue weighted by molar-refractivity contribution is 7.27. The highest BCUT2D eigenvalue weighted by atomic mass is 32.1. The monoisotopic (exact) mass is 1010 g/mol. The molecule has 2 heterocycles. The van der Waals surface area contributed by atoms with Crippen molar-refractivity contribution in [1.29, 1.82) is 0 Å². The van der Waals surface area contributed by atoms with Crippen LogP contribution in [0.3, 0.4) is 0 Å². The number of rotatable bonds is 8. The molecule has 78 heavy (non-hydrogen) atoms. The molecular formula is C75H47NOS. The molecular weight excluding hydrogens is 963 g/mol. The maximum absolute atomic E-state index is 6.98. The first kappa shape index (κ1) is 44.5. The van der Waals surface area contributed by atoms with Gasteiger partial charge < -0.3 is 9.32 Å². The number of thiophene rings is 1. The Morgan fingerprint density at radius 3 is 1.56 bits per heavy atom. The minimum Gasteiger partial charge on any atom is -0.455 e. The zero-order valence-electron chi connectivity index (χ0n) is 42.4. The second kappa shape index (κ2) is 17.6. The van der Waals surface area contributed by atoms with Crippen molar-refractivity contribution in [2.75, 3.05) is 4.90 Å². The third kappa shape index (κ3) is 6.62. The van der Waals surface area contributed by atoms with Gasteiger partial charge in [0.1, 0.15) is 11.2 Å². The van der Waals surface area contributed by atoms with Crippen LogP contribution in [-0.2, 0) is 5.41 Å². The molecule has 0 N–H and O–H groups in total. The molecule has 0 bridgehead atoms. The van der Waals surface area contributed by atoms with E-state index >= 15 is 0 Å². The van der Waals surface area contributed by atoms with Crippen molar-refractivity contribution in [3.8, 4) is 44.5 Å². The summed E-state index contributed by atoms with van der Waals surface area (Å²) in [6.07, 6.45) is 0. The number of para-hydroxylation sites is 2. The van der Waals surface area contributed by atoms with Crippen molar-refractivity contribution in [3.05, 3.63) is 307 Å². The standard InChI is InChI=1S/C75H47NOS/c1-3-24-52(25-4-1)75(53-26-5-2-6-27-53)68-40-13-11-32-60(68)62-36-17-34-56(70(62)75)50-22-15-28-54(46-50)76(55-29-16-23-51(47-55)58-35-18-37-63-64-44-42-48-20-7-9-30-57(48)71(64)77-72(58)63)69-41-14-12-33-61(69)65-38-19-39-66-67-45-43-49-21-8-10-31-59(49)73(67)78-74(65)66/h1-47H. The second-order valence-corrected chi connectivity index (χ2v) is 21.6. The van der Waals surface area contributed by atoms with Crippen LogP contribution in [0.5, 0.6) is 0 Å². The summed E-state index contributed by atoms with van der Waals surface area (Å²) in [7, 11) is 0. The largest absolute Gasteiger partial charge is 0.455 e. The summed E-state index contributed by atoms with van der Waals surface area (Å²) in [5.74, 6) is 0. The molecule has 0 saturated carbocycles. The van der Waals surface area contributed by atoms with Crippen LogP contribution in [0.1, 0.15) is 22.3 Å². The van der Waals surface area contributed by atoms with Gasteiger partial charge in [-0.2, -0.15) is 0 Å². The Morgan fingerprint density at radius 2 is 0.808 bits per heavy atom. The SMILES string of the molecule is c1ccc(C2(c3ccccc3)c3ccccc3-c3cccc(-c4cccc(N(c5cccc(-c6cccc7c6oc6c8ccccc8ccc76)c5)c5ccccc5-c5cccc6c5sc5c7ccccc7ccc65)c4)c32)cc1. The van der Waals surface area contributed by atoms with Crippen LogP contribution in [-0.4, -0.2) is 0 Å². The van der Waals surface area contributed by atoms with Crippen molar-refractivity contribution in [1.82, 2.24) is 0 Å². The van der Waals surface area contributed by atoms with Gasteiger partial charge in [0.2, 0.25) is 0 Å². The zero-order valence-corrected chi connectivity index (χ0v) is 43.2. The first-order valence-electron chi connectivity index (χ1n) is 26.8. The second-order valence-electron chi connectivity index (χ2n) is 20.6. The third-order valence-electron chi connectivity index (χ3n) is 16.5. The first-order chi connectivity index (χ1) is 38.7. The molecule has 16 rings (SSSR count). The minimum atomic E-state index is -0.570. The lowest BCUT2D eigenvalue weighted by molar-refractivity contribution is 0.674. The van der Waals surface area contributed by atoms with Crippen molar-refractivity contribution < 1.29 is 4.42 Å². The van der Waals surface area contributed by atoms with E-state index < -0.39 is 5.41 Å². The van der Waals surface area contributed by atoms with Gasteiger partial charge >= 0.3 is 0 Å². The fourth-order valence-electron chi connectivity index (χ4n) is 13.2. The van der Waals surface area contributed by atoms with Crippen LogP contribution in [0.25, 0.3) is 108 Å². The van der Waals surface area contributed by atoms with E-state index in [2.05, 4.69) is 290 Å². The fourth-order valence-corrected chi connectivity index (χ4v) is 14.5. The first-order valence-corrected chi connectivity index (χ1v) is 27.6. The summed E-state index contributed by atoms with van der Waals surface area (Å²) in [4.78, 5) is 2.48. The molecule has 364 valence electrons. The van der Waals surface area contributed by atoms with Gasteiger partial charge in [-0.05, 0) is 103 Å². The van der Waals surface area contributed by atoms with Gasteiger partial charge in [0.15, 0.2) is 0 Å². The quantitative estimate of drug-likeness (QED) is 0.151. The number of furan rings is 1. The van der Waals surface area contributed by atoms with Crippen molar-refractivity contribution >= 4 is 92.1 Å². The Hall–Kier alpha value is -9.80. The van der Waals surface area contributed by atoms with Crippen LogP contribution in [0.15, 0.2) is 290 Å². The van der Waals surface area contributed by atoms with E-state index in [1.165, 1.54) is 80.8 Å². The Labute approximate surface area is 456 Å². The number of fused-ring (bicyclic) bond motifs is 13. The van der Waals surface area contributed by atoms with Gasteiger partial charge in [-0.3, -0.25) is 0 Å². The van der Waals surface area contributed by atoms with E-state index in [0.29, 0.717) is 0 Å². The van der Waals surface area contributed by atoms with Gasteiger partial charge in [0.05, 0.1) is 11.1 Å². The van der Waals surface area contributed by atoms with Gasteiger partial charge in [0.25, 0.3) is 0 Å². The fraction of sp³-hybridized carbons (Fsp3) is 0.0133. The molecule has 13 aromatic carbocycles. The lowest BCUT2D eigenvalue weighted by Gasteiger charge is -2.35. The summed E-state index contributed by atoms with van der Waals surface area (Å²) in [5, 5.41) is 9.63. The smallest absolute Gasteiger partial charge is 0.143 e. The molecule has 2 aromatic heterocycles. The van der Waals surface area contributed by atoms with E-state index in [1.54, 1.807) is 0 Å². The van der Waals surface area contributed by atoms with E-state index in [9.17, 15) is 0 Å². The van der Waals surface area contributed by atoms with Crippen molar-refractivity contribution in [2.24, 2.45) is 0 Å². The molecule has 0 atom stereocenters. The van der Waals surface area contributed by atoms with Gasteiger partial charge in [-0.15, -0.1) is 11.3 Å². The molecule has 1 aliphatic carbocycles. The summed E-state index contributed by atoms with van der Waals surface area (Å²) in [6.45, 7) is 0. The summed E-state index contributed by atoms with van der Waals surface area (Å²) < 4.78 is 9.58. The normalized spacial score (nSPS) is 12.7. The number of benzene rings is 13. The third-order valence-corrected chi connectivity index (χ3v) is 17.8. The van der Waals surface area contributed by atoms with E-state index in [1.807, 2.05) is 11.3 Å². The zero-order chi connectivity index (χ0) is 51.3. The maximum Gasteiger partial charge on any atom is 0.143 e. The molecule has 0 saturated heterocycles. The van der Waals surface area contributed by atoms with E-state index in [-0.39, 0.29) is 0 Å². The number of anilines is 3. The average molecular weight is 1010 g/mol. The van der Waals surface area contributed by atoms with Crippen molar-refractivity contribution in [3.63, 3.8) is 0 Å². The van der Waals surface area contributed by atoms with Crippen LogP contribution in [0.2, 0.25) is 0 Å². The summed E-state index contributed by atoms with van der Waals surface area (Å²) in [5.41, 5.74) is 18.9. The lowest BCUT2D eigenvalue weighted by Crippen LogP contribution is -2.29. The van der Waals surface area contributed by atoms with E-state index in [0.717, 1.165) is 66.6 Å². The van der Waals surface area contributed by atoms with Crippen molar-refractivity contribution in [2.45, 2.75) is 5.41 Å². The molecule has 0 fully saturated rings. The molecule has 15 aromatic rings. The summed E-state index contributed by atoms with van der Waals surface area (Å²) in [6, 6.07) is 105. The molecule has 0 unspecified atom stereocenters. The highest BCUT2D eigenvalue weighted by Gasteiger charge is 2.47. The van der Waals surface area contributed by atoms with Crippen LogP contribution in [0, 0.1) is 0 Å². The number of hydrogen-bond acceptors (Lipinski definition) is 3. The summed E-state index contributed by atoms with van der Waals surface area (Å²) >= 11 is 1.90. The lowest BCUT2D eigenvalue weighted by atomic mass is 9.66. The Balaban J connectivity index is 0.933. The molecule has 3 heteroatoms. The molecule has 0 radical (unpaired) electrons. The molecule has 0 spiro atoms. The highest BCUT2D eigenvalue weighted by Crippen LogP contribution is 2.59. The minimum absolute atomic E-state index is 0.570. The molecule has 1 aliphatic rings. The van der Waals surface area contributed by atoms with Crippen LogP contribution in [0.4, 0.5) is 17.1 Å². The predicted octanol–water partition coefficient (Wildman–Crippen LogP) is 21.1. The Morgan fingerprint density at radius 1 is 0.308 bits per heavy atom. The van der Waals surface area contributed by atoms with E-state index in [4.69, 9.17) is 4.42 Å². The number of nitrogens with zero attached hydrogens (tertiary/aromatic N) is 1. The molecule has 0 aliphatic heterocycles. The van der Waals surface area contributed by atoms with Gasteiger partial charge in [-0.25, -0.2) is 0 Å². The molecule has 0 amide bonds. The predicted molar refractivity (Wildman–Crippen MR) is 330 cm³/mol. The van der Waals surface area contributed by atoms with Gasteiger partial charge in [-0.1, -0.05) is 249 Å². The number of hydrogen-bond donors (Lipinski definition) is 0. The topological polar surface area (TPSA) is 16.4 Å². The van der Waals surface area contributed by atoms with Gasteiger partial charge in [0, 0.05) is 64.4 Å². The maximum atomic E-state index is 6.98.